The largest absolute Gasteiger partial charge is 0.368 e. The monoisotopic (exact) mass is 349 g/mol. The summed E-state index contributed by atoms with van der Waals surface area (Å²) in [5, 5.41) is 0.766. The molecule has 0 aliphatic carbocycles. The Kier molecular flexibility index (Phi) is 6.01. The van der Waals surface area contributed by atoms with Crippen molar-refractivity contribution in [2.24, 2.45) is 0 Å². The second-order valence-electron chi connectivity index (χ2n) is 7.02. The minimum atomic E-state index is 0.319. The van der Waals surface area contributed by atoms with E-state index in [1.807, 2.05) is 23.1 Å². The van der Waals surface area contributed by atoms with Crippen molar-refractivity contribution in [2.45, 2.75) is 38.1 Å². The van der Waals surface area contributed by atoms with Crippen LogP contribution in [0.2, 0.25) is 5.02 Å². The molecule has 2 saturated heterocycles. The van der Waals surface area contributed by atoms with E-state index in [0.29, 0.717) is 18.4 Å². The van der Waals surface area contributed by atoms with Gasteiger partial charge in [0.25, 0.3) is 0 Å². The van der Waals surface area contributed by atoms with Crippen LogP contribution in [0.15, 0.2) is 24.3 Å². The van der Waals surface area contributed by atoms with Gasteiger partial charge >= 0.3 is 0 Å². The van der Waals surface area contributed by atoms with Crippen molar-refractivity contribution in [1.29, 1.82) is 0 Å². The number of hydrogen-bond donors (Lipinski definition) is 0. The average molecular weight is 350 g/mol. The van der Waals surface area contributed by atoms with E-state index in [-0.39, 0.29) is 0 Å². The van der Waals surface area contributed by atoms with Crippen molar-refractivity contribution < 1.29 is 4.79 Å². The van der Waals surface area contributed by atoms with Gasteiger partial charge in [0.2, 0.25) is 5.91 Å². The number of piperidine rings is 1. The summed E-state index contributed by atoms with van der Waals surface area (Å²) < 4.78 is 0. The Balaban J connectivity index is 1.45. The zero-order chi connectivity index (χ0) is 16.9. The molecule has 4 nitrogen and oxygen atoms in total. The number of nitrogens with zero attached hydrogens (tertiary/aromatic N) is 3. The molecule has 24 heavy (non-hydrogen) atoms. The number of likely N-dealkylation sites (tertiary alicyclic amines) is 1. The van der Waals surface area contributed by atoms with E-state index in [9.17, 15) is 4.79 Å². The summed E-state index contributed by atoms with van der Waals surface area (Å²) in [5.41, 5.74) is 1.15. The lowest BCUT2D eigenvalue weighted by atomic mass is 9.98. The molecule has 0 spiro atoms. The number of carbonyl (C=O) groups is 1. The minimum Gasteiger partial charge on any atom is -0.368 e. The first-order valence-corrected chi connectivity index (χ1v) is 9.50. The number of carbonyl (C=O) groups excluding carboxylic acids is 1. The first-order valence-electron chi connectivity index (χ1n) is 9.12. The molecule has 0 N–H and O–H groups in total. The molecule has 2 heterocycles. The van der Waals surface area contributed by atoms with Crippen molar-refractivity contribution in [3.8, 4) is 0 Å². The predicted molar refractivity (Wildman–Crippen MR) is 99.7 cm³/mol. The zero-order valence-electron chi connectivity index (χ0n) is 14.6. The van der Waals surface area contributed by atoms with Gasteiger partial charge in [-0.1, -0.05) is 24.1 Å². The molecule has 1 aromatic rings. The number of rotatable bonds is 4. The van der Waals surface area contributed by atoms with Gasteiger partial charge in [-0.15, -0.1) is 0 Å². The molecule has 1 unspecified atom stereocenters. The number of hydrogen-bond acceptors (Lipinski definition) is 3. The van der Waals surface area contributed by atoms with Crippen LogP contribution in [0.3, 0.4) is 0 Å². The molecular formula is C19H28ClN3O. The van der Waals surface area contributed by atoms with Gasteiger partial charge in [-0.2, -0.15) is 0 Å². The first kappa shape index (κ1) is 17.6. The lowest BCUT2D eigenvalue weighted by molar-refractivity contribution is -0.131. The third-order valence-electron chi connectivity index (χ3n) is 5.42. The third-order valence-corrected chi connectivity index (χ3v) is 5.65. The molecule has 1 atom stereocenters. The Morgan fingerprint density at radius 3 is 2.67 bits per heavy atom. The Morgan fingerprint density at radius 2 is 1.96 bits per heavy atom. The van der Waals surface area contributed by atoms with Crippen LogP contribution >= 0.6 is 11.6 Å². The van der Waals surface area contributed by atoms with Gasteiger partial charge in [0.15, 0.2) is 0 Å². The summed E-state index contributed by atoms with van der Waals surface area (Å²) in [4.78, 5) is 19.3. The van der Waals surface area contributed by atoms with E-state index < -0.39 is 0 Å². The maximum absolute atomic E-state index is 12.5. The molecule has 0 radical (unpaired) electrons. The van der Waals surface area contributed by atoms with Gasteiger partial charge in [0.1, 0.15) is 0 Å². The van der Waals surface area contributed by atoms with Crippen LogP contribution in [0.1, 0.15) is 32.1 Å². The molecule has 2 fully saturated rings. The van der Waals surface area contributed by atoms with E-state index in [2.05, 4.69) is 22.9 Å². The zero-order valence-corrected chi connectivity index (χ0v) is 15.3. The maximum atomic E-state index is 12.5. The molecule has 0 aromatic heterocycles. The van der Waals surface area contributed by atoms with E-state index >= 15 is 0 Å². The van der Waals surface area contributed by atoms with Crippen LogP contribution in [0, 0.1) is 0 Å². The molecular weight excluding hydrogens is 322 g/mol. The molecule has 0 saturated carbocycles. The van der Waals surface area contributed by atoms with Crippen LogP contribution in [-0.2, 0) is 4.79 Å². The summed E-state index contributed by atoms with van der Waals surface area (Å²) in [7, 11) is 2.19. The second-order valence-corrected chi connectivity index (χ2v) is 7.45. The number of halogens is 1. The standard InChI is InChI=1S/C19H28ClN3O/c1-21-10-3-2-6-17(21)8-9-19(24)23-13-11-22(12-14-23)18-7-4-5-16(20)15-18/h4-5,7,15,17H,2-3,6,8-14H2,1H3. The Labute approximate surface area is 150 Å². The van der Waals surface area contributed by atoms with Crippen molar-refractivity contribution in [3.63, 3.8) is 0 Å². The van der Waals surface area contributed by atoms with Crippen LogP contribution in [-0.4, -0.2) is 61.5 Å². The number of amides is 1. The van der Waals surface area contributed by atoms with Gasteiger partial charge in [0.05, 0.1) is 0 Å². The summed E-state index contributed by atoms with van der Waals surface area (Å²) >= 11 is 6.07. The van der Waals surface area contributed by atoms with E-state index in [1.54, 1.807) is 0 Å². The SMILES string of the molecule is CN1CCCCC1CCC(=O)N1CCN(c2cccc(Cl)c2)CC1. The van der Waals surface area contributed by atoms with Crippen LogP contribution in [0.5, 0.6) is 0 Å². The molecule has 2 aliphatic heterocycles. The number of benzene rings is 1. The predicted octanol–water partition coefficient (Wildman–Crippen LogP) is 3.25. The van der Waals surface area contributed by atoms with Crippen LogP contribution in [0.25, 0.3) is 0 Å². The highest BCUT2D eigenvalue weighted by Gasteiger charge is 2.24. The number of piperazine rings is 1. The fourth-order valence-corrected chi connectivity index (χ4v) is 4.03. The fourth-order valence-electron chi connectivity index (χ4n) is 3.84. The van der Waals surface area contributed by atoms with Crippen LogP contribution in [0.4, 0.5) is 5.69 Å². The summed E-state index contributed by atoms with van der Waals surface area (Å²) in [6.07, 6.45) is 5.54. The van der Waals surface area contributed by atoms with Crippen molar-refractivity contribution in [1.82, 2.24) is 9.80 Å². The summed E-state index contributed by atoms with van der Waals surface area (Å²) in [6.45, 7) is 4.57. The smallest absolute Gasteiger partial charge is 0.222 e. The van der Waals surface area contributed by atoms with E-state index in [4.69, 9.17) is 11.6 Å². The maximum Gasteiger partial charge on any atom is 0.222 e. The molecule has 3 rings (SSSR count). The highest BCUT2D eigenvalue weighted by Crippen LogP contribution is 2.22. The van der Waals surface area contributed by atoms with Gasteiger partial charge in [-0.05, 0) is 51.1 Å². The second kappa shape index (κ2) is 8.21. The normalized spacial score (nSPS) is 22.7. The summed E-state index contributed by atoms with van der Waals surface area (Å²) in [6, 6.07) is 8.55. The Morgan fingerprint density at radius 1 is 1.17 bits per heavy atom. The summed E-state index contributed by atoms with van der Waals surface area (Å²) in [5.74, 6) is 0.319. The van der Waals surface area contributed by atoms with Crippen molar-refractivity contribution in [2.75, 3.05) is 44.7 Å². The lowest BCUT2D eigenvalue weighted by Gasteiger charge is -2.37. The van der Waals surface area contributed by atoms with Gasteiger partial charge in [-0.25, -0.2) is 0 Å². The Hall–Kier alpha value is -1.26. The first-order chi connectivity index (χ1) is 11.6. The quantitative estimate of drug-likeness (QED) is 0.834. The van der Waals surface area contributed by atoms with Crippen molar-refractivity contribution >= 4 is 23.2 Å². The molecule has 5 heteroatoms. The lowest BCUT2D eigenvalue weighted by Crippen LogP contribution is -2.49. The highest BCUT2D eigenvalue weighted by molar-refractivity contribution is 6.30. The average Bonchev–Trinajstić information content (AvgIpc) is 2.61. The Bertz CT molecular complexity index is 557. The molecule has 0 bridgehead atoms. The molecule has 1 aromatic carbocycles. The topological polar surface area (TPSA) is 26.8 Å². The van der Waals surface area contributed by atoms with Crippen LogP contribution < -0.4 is 4.90 Å². The number of anilines is 1. The molecule has 2 aliphatic rings. The van der Waals surface area contributed by atoms with E-state index in [1.165, 1.54) is 25.8 Å². The fraction of sp³-hybridized carbons (Fsp3) is 0.632. The third kappa shape index (κ3) is 4.42. The molecule has 132 valence electrons. The van der Waals surface area contributed by atoms with Gasteiger partial charge in [0, 0.05) is 49.4 Å². The minimum absolute atomic E-state index is 0.319. The van der Waals surface area contributed by atoms with E-state index in [0.717, 1.165) is 43.3 Å². The highest BCUT2D eigenvalue weighted by atomic mass is 35.5. The molecule has 1 amide bonds. The van der Waals surface area contributed by atoms with Gasteiger partial charge in [-0.3, -0.25) is 4.79 Å². The van der Waals surface area contributed by atoms with Crippen molar-refractivity contribution in [3.05, 3.63) is 29.3 Å². The van der Waals surface area contributed by atoms with Gasteiger partial charge < -0.3 is 14.7 Å².